The number of carbonyl (C=O) groups is 1. The fraction of sp³-hybridized carbons (Fsp3) is 0.333. The molecule has 1 aliphatic rings. The smallest absolute Gasteiger partial charge is 0.422 e. The second-order valence-electron chi connectivity index (χ2n) is 6.08. The average molecular weight is 368 g/mol. The molecular formula is C18H16F4N2O2. The molecular weight excluding hydrogens is 352 g/mol. The van der Waals surface area contributed by atoms with Gasteiger partial charge < -0.3 is 9.64 Å². The summed E-state index contributed by atoms with van der Waals surface area (Å²) < 4.78 is 54.0. The lowest BCUT2D eigenvalue weighted by molar-refractivity contribution is -0.154. The average Bonchev–Trinajstić information content (AvgIpc) is 3.44. The van der Waals surface area contributed by atoms with Gasteiger partial charge in [0.1, 0.15) is 5.82 Å². The second-order valence-corrected chi connectivity index (χ2v) is 6.08. The standard InChI is InChI=1S/C18H16F4N2O2/c19-14-4-1-12(2-5-14)10-24(15-6-7-15)17(25)13-3-8-16(23-9-13)26-11-18(20,21)22/h1-5,8-9,15H,6-7,10-11H2. The Morgan fingerprint density at radius 2 is 1.85 bits per heavy atom. The molecule has 0 bridgehead atoms. The summed E-state index contributed by atoms with van der Waals surface area (Å²) in [6, 6.07) is 8.63. The number of benzene rings is 1. The van der Waals surface area contributed by atoms with Crippen molar-refractivity contribution in [1.82, 2.24) is 9.88 Å². The van der Waals surface area contributed by atoms with Crippen LogP contribution in [0.2, 0.25) is 0 Å². The van der Waals surface area contributed by atoms with Crippen molar-refractivity contribution in [1.29, 1.82) is 0 Å². The minimum Gasteiger partial charge on any atom is -0.468 e. The Bertz CT molecular complexity index is 756. The van der Waals surface area contributed by atoms with E-state index in [1.807, 2.05) is 0 Å². The van der Waals surface area contributed by atoms with E-state index in [4.69, 9.17) is 0 Å². The third-order valence-electron chi connectivity index (χ3n) is 3.88. The molecule has 0 radical (unpaired) electrons. The minimum absolute atomic E-state index is 0.105. The van der Waals surface area contributed by atoms with E-state index in [9.17, 15) is 22.4 Å². The van der Waals surface area contributed by atoms with E-state index in [1.165, 1.54) is 30.5 Å². The van der Waals surface area contributed by atoms with Crippen molar-refractivity contribution in [2.24, 2.45) is 0 Å². The summed E-state index contributed by atoms with van der Waals surface area (Å²) in [5.74, 6) is -0.821. The zero-order valence-electron chi connectivity index (χ0n) is 13.7. The molecule has 26 heavy (non-hydrogen) atoms. The minimum atomic E-state index is -4.45. The lowest BCUT2D eigenvalue weighted by Crippen LogP contribution is -2.32. The van der Waals surface area contributed by atoms with Gasteiger partial charge >= 0.3 is 6.18 Å². The fourth-order valence-electron chi connectivity index (χ4n) is 2.45. The molecule has 0 spiro atoms. The quantitative estimate of drug-likeness (QED) is 0.725. The summed E-state index contributed by atoms with van der Waals surface area (Å²) in [6.07, 6.45) is -1.48. The Labute approximate surface area is 147 Å². The van der Waals surface area contributed by atoms with Crippen molar-refractivity contribution >= 4 is 5.91 Å². The molecule has 8 heteroatoms. The highest BCUT2D eigenvalue weighted by molar-refractivity contribution is 5.94. The van der Waals surface area contributed by atoms with Crippen molar-refractivity contribution in [2.45, 2.75) is 31.6 Å². The lowest BCUT2D eigenvalue weighted by atomic mass is 10.1. The van der Waals surface area contributed by atoms with Crippen LogP contribution in [0, 0.1) is 5.82 Å². The van der Waals surface area contributed by atoms with Gasteiger partial charge in [-0.3, -0.25) is 4.79 Å². The number of pyridine rings is 1. The SMILES string of the molecule is O=C(c1ccc(OCC(F)(F)F)nc1)N(Cc1ccc(F)cc1)C1CC1. The van der Waals surface area contributed by atoms with Gasteiger partial charge in [-0.05, 0) is 36.6 Å². The summed E-state index contributed by atoms with van der Waals surface area (Å²) in [5, 5.41) is 0. The van der Waals surface area contributed by atoms with Crippen molar-refractivity contribution in [3.8, 4) is 5.88 Å². The molecule has 0 atom stereocenters. The molecule has 3 rings (SSSR count). The number of halogens is 4. The summed E-state index contributed by atoms with van der Waals surface area (Å²) in [4.78, 5) is 18.1. The van der Waals surface area contributed by atoms with Gasteiger partial charge in [-0.25, -0.2) is 9.37 Å². The number of aromatic nitrogens is 1. The predicted octanol–water partition coefficient (Wildman–Crippen LogP) is 3.97. The van der Waals surface area contributed by atoms with Gasteiger partial charge in [0.15, 0.2) is 6.61 Å². The first-order valence-corrected chi connectivity index (χ1v) is 8.03. The van der Waals surface area contributed by atoms with Gasteiger partial charge in [-0.15, -0.1) is 0 Å². The number of rotatable bonds is 6. The van der Waals surface area contributed by atoms with Crippen LogP contribution in [-0.4, -0.2) is 34.6 Å². The maximum atomic E-state index is 13.0. The Hall–Kier alpha value is -2.64. The molecule has 0 aliphatic heterocycles. The number of hydrogen-bond acceptors (Lipinski definition) is 3. The highest BCUT2D eigenvalue weighted by atomic mass is 19.4. The Morgan fingerprint density at radius 3 is 2.38 bits per heavy atom. The van der Waals surface area contributed by atoms with E-state index in [0.29, 0.717) is 6.54 Å². The zero-order valence-corrected chi connectivity index (χ0v) is 13.7. The van der Waals surface area contributed by atoms with E-state index in [-0.39, 0.29) is 29.2 Å². The largest absolute Gasteiger partial charge is 0.468 e. The monoisotopic (exact) mass is 368 g/mol. The maximum Gasteiger partial charge on any atom is 0.422 e. The molecule has 0 unspecified atom stereocenters. The summed E-state index contributed by atoms with van der Waals surface area (Å²) in [6.45, 7) is -1.11. The molecule has 1 saturated carbocycles. The fourth-order valence-corrected chi connectivity index (χ4v) is 2.45. The van der Waals surface area contributed by atoms with Crippen LogP contribution in [-0.2, 0) is 6.54 Å². The number of nitrogens with zero attached hydrogens (tertiary/aromatic N) is 2. The molecule has 1 aromatic heterocycles. The molecule has 1 aromatic carbocycles. The summed E-state index contributed by atoms with van der Waals surface area (Å²) in [5.41, 5.74) is 1.06. The van der Waals surface area contributed by atoms with Crippen LogP contribution in [0.25, 0.3) is 0 Å². The van der Waals surface area contributed by atoms with Gasteiger partial charge in [0, 0.05) is 24.8 Å². The van der Waals surface area contributed by atoms with Gasteiger partial charge in [-0.1, -0.05) is 12.1 Å². The Morgan fingerprint density at radius 1 is 1.15 bits per heavy atom. The number of carbonyl (C=O) groups excluding carboxylic acids is 1. The third-order valence-corrected chi connectivity index (χ3v) is 3.88. The molecule has 4 nitrogen and oxygen atoms in total. The Kier molecular flexibility index (Phi) is 5.11. The highest BCUT2D eigenvalue weighted by Gasteiger charge is 2.33. The zero-order chi connectivity index (χ0) is 18.7. The van der Waals surface area contributed by atoms with Crippen molar-refractivity contribution in [3.05, 3.63) is 59.5 Å². The van der Waals surface area contributed by atoms with E-state index >= 15 is 0 Å². The molecule has 1 amide bonds. The first-order valence-electron chi connectivity index (χ1n) is 8.03. The van der Waals surface area contributed by atoms with Crippen LogP contribution in [0.15, 0.2) is 42.6 Å². The van der Waals surface area contributed by atoms with Gasteiger partial charge in [-0.2, -0.15) is 13.2 Å². The normalized spacial score (nSPS) is 14.2. The number of hydrogen-bond donors (Lipinski definition) is 0. The first kappa shape index (κ1) is 18.2. The van der Waals surface area contributed by atoms with Crippen LogP contribution in [0.5, 0.6) is 5.88 Å². The van der Waals surface area contributed by atoms with Gasteiger partial charge in [0.2, 0.25) is 5.88 Å². The van der Waals surface area contributed by atoms with Crippen LogP contribution in [0.4, 0.5) is 17.6 Å². The lowest BCUT2D eigenvalue weighted by Gasteiger charge is -2.22. The van der Waals surface area contributed by atoms with Crippen molar-refractivity contribution < 1.29 is 27.1 Å². The number of alkyl halides is 3. The van der Waals surface area contributed by atoms with Gasteiger partial charge in [0.05, 0.1) is 5.56 Å². The van der Waals surface area contributed by atoms with Crippen molar-refractivity contribution in [2.75, 3.05) is 6.61 Å². The molecule has 2 aromatic rings. The number of amides is 1. The van der Waals surface area contributed by atoms with Crippen molar-refractivity contribution in [3.63, 3.8) is 0 Å². The van der Waals surface area contributed by atoms with E-state index in [2.05, 4.69) is 9.72 Å². The molecule has 1 aliphatic carbocycles. The van der Waals surface area contributed by atoms with E-state index < -0.39 is 12.8 Å². The van der Waals surface area contributed by atoms with Crippen LogP contribution < -0.4 is 4.74 Å². The molecule has 138 valence electrons. The molecule has 0 saturated heterocycles. The van der Waals surface area contributed by atoms with E-state index in [1.54, 1.807) is 17.0 Å². The first-order chi connectivity index (χ1) is 12.3. The summed E-state index contributed by atoms with van der Waals surface area (Å²) in [7, 11) is 0. The number of ether oxygens (including phenoxy) is 1. The van der Waals surface area contributed by atoms with Crippen LogP contribution in [0.1, 0.15) is 28.8 Å². The van der Waals surface area contributed by atoms with Crippen LogP contribution >= 0.6 is 0 Å². The highest BCUT2D eigenvalue weighted by Crippen LogP contribution is 2.30. The topological polar surface area (TPSA) is 42.4 Å². The maximum absolute atomic E-state index is 13.0. The molecule has 0 N–H and O–H groups in total. The van der Waals surface area contributed by atoms with E-state index in [0.717, 1.165) is 18.4 Å². The second kappa shape index (κ2) is 7.31. The molecule has 1 fully saturated rings. The third kappa shape index (κ3) is 4.93. The Balaban J connectivity index is 1.68. The summed E-state index contributed by atoms with van der Waals surface area (Å²) >= 11 is 0. The predicted molar refractivity (Wildman–Crippen MR) is 85.1 cm³/mol. The van der Waals surface area contributed by atoms with Gasteiger partial charge in [0.25, 0.3) is 5.91 Å². The molecule has 1 heterocycles. The van der Waals surface area contributed by atoms with Crippen LogP contribution in [0.3, 0.4) is 0 Å².